The van der Waals surface area contributed by atoms with Gasteiger partial charge in [0.25, 0.3) is 0 Å². The quantitative estimate of drug-likeness (QED) is 0.149. The van der Waals surface area contributed by atoms with Crippen LogP contribution in [0.15, 0.2) is 85.5 Å². The van der Waals surface area contributed by atoms with Gasteiger partial charge in [-0.3, -0.25) is 4.79 Å². The largest absolute Gasteiger partial charge is 0.423 e. The molecule has 0 bridgehead atoms. The fourth-order valence-corrected chi connectivity index (χ4v) is 4.82. The van der Waals surface area contributed by atoms with Gasteiger partial charge in [-0.2, -0.15) is 0 Å². The monoisotopic (exact) mass is 550 g/mol. The number of aryl methyl sites for hydroxylation is 3. The van der Waals surface area contributed by atoms with Crippen molar-refractivity contribution in [2.75, 3.05) is 6.61 Å². The molecule has 3 aromatic carbocycles. The lowest BCUT2D eigenvalue weighted by molar-refractivity contribution is -0.130. The summed E-state index contributed by atoms with van der Waals surface area (Å²) in [6.07, 6.45) is 2.90. The minimum atomic E-state index is -0.578. The lowest BCUT2D eigenvalue weighted by Crippen LogP contribution is -2.11. The van der Waals surface area contributed by atoms with Crippen molar-refractivity contribution in [2.24, 2.45) is 0 Å². The minimum absolute atomic E-state index is 0.0220. The second-order valence-corrected chi connectivity index (χ2v) is 10.4. The Morgan fingerprint density at radius 2 is 1.51 bits per heavy atom. The second kappa shape index (κ2) is 12.3. The van der Waals surface area contributed by atoms with Crippen LogP contribution in [-0.4, -0.2) is 24.3 Å². The second-order valence-electron chi connectivity index (χ2n) is 10.4. The van der Waals surface area contributed by atoms with Gasteiger partial charge in [-0.05, 0) is 104 Å². The lowest BCUT2D eigenvalue weighted by atomic mass is 9.90. The standard InChI is InChI=1S/C35H34O6/c1-8-26(36)19-39-32-14-11-24-9-10-25(17-31(24)32)29-15-23(7)30(16-22(29)6)28-13-12-27(40-34(37)20(2)3)18-33(28)41-35(38)21(4)5/h8-10,12-13,15-18,32H,1-2,4,11,14,19H2,3,5-7H3. The Balaban J connectivity index is 1.71. The summed E-state index contributed by atoms with van der Waals surface area (Å²) in [7, 11) is 0. The molecule has 0 fully saturated rings. The number of rotatable bonds is 10. The van der Waals surface area contributed by atoms with E-state index in [0.717, 1.165) is 46.2 Å². The normalized spacial score (nSPS) is 13.7. The topological polar surface area (TPSA) is 78.9 Å². The SMILES string of the molecule is C=CC(=O)COC1CCc2ccc(-c3cc(C)c(-c4ccc(OC(=O)C(=C)C)cc4OC(=O)C(=C)C)cc3C)cc21. The molecule has 0 saturated carbocycles. The number of hydrogen-bond acceptors (Lipinski definition) is 6. The Labute approximate surface area is 241 Å². The first-order valence-corrected chi connectivity index (χ1v) is 13.4. The van der Waals surface area contributed by atoms with E-state index in [-0.39, 0.29) is 41.1 Å². The molecule has 0 aliphatic heterocycles. The third kappa shape index (κ3) is 6.61. The maximum Gasteiger partial charge on any atom is 0.338 e. The average Bonchev–Trinajstić information content (AvgIpc) is 3.35. The summed E-state index contributed by atoms with van der Waals surface area (Å²) in [5.41, 5.74) is 8.50. The number of fused-ring (bicyclic) bond motifs is 1. The van der Waals surface area contributed by atoms with E-state index in [1.165, 1.54) is 17.7 Å². The van der Waals surface area contributed by atoms with E-state index in [2.05, 4.69) is 50.1 Å². The minimum Gasteiger partial charge on any atom is -0.423 e. The molecule has 0 radical (unpaired) electrons. The number of carbonyl (C=O) groups is 3. The van der Waals surface area contributed by atoms with Crippen molar-refractivity contribution >= 4 is 17.7 Å². The third-order valence-electron chi connectivity index (χ3n) is 7.06. The fraction of sp³-hybridized carbons (Fsp3) is 0.229. The summed E-state index contributed by atoms with van der Waals surface area (Å²) in [5.74, 6) is -0.785. The van der Waals surface area contributed by atoms with Crippen molar-refractivity contribution in [3.05, 3.63) is 108 Å². The van der Waals surface area contributed by atoms with Crippen LogP contribution >= 0.6 is 0 Å². The summed E-state index contributed by atoms with van der Waals surface area (Å²) >= 11 is 0. The molecule has 1 aliphatic carbocycles. The molecule has 1 atom stereocenters. The zero-order chi connectivity index (χ0) is 29.8. The first-order chi connectivity index (χ1) is 19.5. The molecular formula is C35H34O6. The molecule has 3 aromatic rings. The summed E-state index contributed by atoms with van der Waals surface area (Å²) in [4.78, 5) is 36.3. The van der Waals surface area contributed by atoms with Crippen molar-refractivity contribution in [3.63, 3.8) is 0 Å². The van der Waals surface area contributed by atoms with Gasteiger partial charge in [0.1, 0.15) is 18.1 Å². The van der Waals surface area contributed by atoms with Crippen molar-refractivity contribution in [3.8, 4) is 33.8 Å². The van der Waals surface area contributed by atoms with Crippen LogP contribution < -0.4 is 9.47 Å². The summed E-state index contributed by atoms with van der Waals surface area (Å²) in [5, 5.41) is 0. The highest BCUT2D eigenvalue weighted by atomic mass is 16.5. The Morgan fingerprint density at radius 1 is 0.854 bits per heavy atom. The molecule has 4 rings (SSSR count). The molecule has 0 saturated heterocycles. The van der Waals surface area contributed by atoms with Crippen LogP contribution in [0.25, 0.3) is 22.3 Å². The Bertz CT molecular complexity index is 1590. The van der Waals surface area contributed by atoms with Gasteiger partial charge >= 0.3 is 11.9 Å². The highest BCUT2D eigenvalue weighted by Gasteiger charge is 2.25. The van der Waals surface area contributed by atoms with Crippen LogP contribution in [0.3, 0.4) is 0 Å². The average molecular weight is 551 g/mol. The molecule has 0 N–H and O–H groups in total. The molecule has 6 nitrogen and oxygen atoms in total. The molecule has 0 heterocycles. The first-order valence-electron chi connectivity index (χ1n) is 13.4. The highest BCUT2D eigenvalue weighted by Crippen LogP contribution is 2.41. The van der Waals surface area contributed by atoms with E-state index in [1.807, 2.05) is 13.8 Å². The molecule has 0 aromatic heterocycles. The number of benzene rings is 3. The van der Waals surface area contributed by atoms with Crippen molar-refractivity contribution in [1.82, 2.24) is 0 Å². The number of ketones is 1. The molecule has 41 heavy (non-hydrogen) atoms. The third-order valence-corrected chi connectivity index (χ3v) is 7.06. The Hall–Kier alpha value is -4.55. The molecule has 210 valence electrons. The Kier molecular flexibility index (Phi) is 8.84. The van der Waals surface area contributed by atoms with E-state index < -0.39 is 11.9 Å². The van der Waals surface area contributed by atoms with Gasteiger partial charge < -0.3 is 14.2 Å². The van der Waals surface area contributed by atoms with E-state index >= 15 is 0 Å². The van der Waals surface area contributed by atoms with Gasteiger partial charge in [-0.15, -0.1) is 0 Å². The highest BCUT2D eigenvalue weighted by molar-refractivity contribution is 5.92. The summed E-state index contributed by atoms with van der Waals surface area (Å²) in [6.45, 7) is 18.0. The van der Waals surface area contributed by atoms with E-state index in [9.17, 15) is 14.4 Å². The van der Waals surface area contributed by atoms with Crippen molar-refractivity contribution < 1.29 is 28.6 Å². The predicted molar refractivity (Wildman–Crippen MR) is 160 cm³/mol. The molecule has 0 amide bonds. The van der Waals surface area contributed by atoms with E-state index in [1.54, 1.807) is 26.0 Å². The fourth-order valence-electron chi connectivity index (χ4n) is 4.82. The van der Waals surface area contributed by atoms with Gasteiger partial charge in [0.2, 0.25) is 0 Å². The van der Waals surface area contributed by atoms with Gasteiger partial charge in [0, 0.05) is 22.8 Å². The zero-order valence-electron chi connectivity index (χ0n) is 24.0. The lowest BCUT2D eigenvalue weighted by Gasteiger charge is -2.18. The van der Waals surface area contributed by atoms with E-state index in [0.29, 0.717) is 5.56 Å². The number of hydrogen-bond donors (Lipinski definition) is 0. The van der Waals surface area contributed by atoms with Crippen LogP contribution in [0.4, 0.5) is 0 Å². The van der Waals surface area contributed by atoms with Crippen molar-refractivity contribution in [2.45, 2.75) is 46.6 Å². The molecular weight excluding hydrogens is 516 g/mol. The number of ether oxygens (including phenoxy) is 3. The molecule has 1 aliphatic rings. The maximum absolute atomic E-state index is 12.5. The summed E-state index contributed by atoms with van der Waals surface area (Å²) in [6, 6.07) is 15.5. The smallest absolute Gasteiger partial charge is 0.338 e. The number of carbonyl (C=O) groups excluding carboxylic acids is 3. The van der Waals surface area contributed by atoms with Gasteiger partial charge in [-0.1, -0.05) is 44.0 Å². The maximum atomic E-state index is 12.5. The summed E-state index contributed by atoms with van der Waals surface area (Å²) < 4.78 is 17.0. The van der Waals surface area contributed by atoms with Crippen LogP contribution in [-0.2, 0) is 25.5 Å². The predicted octanol–water partition coefficient (Wildman–Crippen LogP) is 7.36. The van der Waals surface area contributed by atoms with E-state index in [4.69, 9.17) is 14.2 Å². The molecule has 6 heteroatoms. The van der Waals surface area contributed by atoms with Crippen LogP contribution in [0, 0.1) is 13.8 Å². The molecule has 0 spiro atoms. The Morgan fingerprint density at radius 3 is 2.20 bits per heavy atom. The first kappa shape index (κ1) is 29.4. The zero-order valence-corrected chi connectivity index (χ0v) is 24.0. The van der Waals surface area contributed by atoms with Crippen LogP contribution in [0.5, 0.6) is 11.5 Å². The van der Waals surface area contributed by atoms with Crippen LogP contribution in [0.2, 0.25) is 0 Å². The van der Waals surface area contributed by atoms with Gasteiger partial charge in [-0.25, -0.2) is 9.59 Å². The van der Waals surface area contributed by atoms with Crippen molar-refractivity contribution in [1.29, 1.82) is 0 Å². The number of esters is 2. The molecule has 1 unspecified atom stereocenters. The van der Waals surface area contributed by atoms with Gasteiger partial charge in [0.15, 0.2) is 5.78 Å². The van der Waals surface area contributed by atoms with Crippen LogP contribution in [0.1, 0.15) is 48.6 Å². The van der Waals surface area contributed by atoms with Gasteiger partial charge in [0.05, 0.1) is 6.10 Å².